The fourth-order valence-corrected chi connectivity index (χ4v) is 5.15. The third-order valence-corrected chi connectivity index (χ3v) is 7.22. The van der Waals surface area contributed by atoms with Gasteiger partial charge in [-0.1, -0.05) is 12.1 Å². The van der Waals surface area contributed by atoms with E-state index in [0.29, 0.717) is 23.6 Å². The molecule has 2 aromatic rings. The van der Waals surface area contributed by atoms with Crippen molar-refractivity contribution in [2.45, 2.75) is 56.8 Å². The van der Waals surface area contributed by atoms with Crippen LogP contribution in [0.3, 0.4) is 0 Å². The van der Waals surface area contributed by atoms with E-state index in [1.165, 1.54) is 31.5 Å². The summed E-state index contributed by atoms with van der Waals surface area (Å²) < 4.78 is 29.1. The molecule has 3 fully saturated rings. The lowest BCUT2D eigenvalue weighted by Crippen LogP contribution is -2.50. The summed E-state index contributed by atoms with van der Waals surface area (Å²) in [6.45, 7) is -1.66. The van der Waals surface area contributed by atoms with Crippen molar-refractivity contribution in [1.82, 2.24) is 15.2 Å². The summed E-state index contributed by atoms with van der Waals surface area (Å²) in [5.41, 5.74) is 1.54. The summed E-state index contributed by atoms with van der Waals surface area (Å²) >= 11 is 0. The maximum absolute atomic E-state index is 13.2. The first-order valence-electron chi connectivity index (χ1n) is 12.2. The Kier molecular flexibility index (Phi) is 6.61. The number of nitrogens with zero attached hydrogens (tertiary/aromatic N) is 2. The fourth-order valence-electron chi connectivity index (χ4n) is 5.15. The number of rotatable bonds is 10. The molecule has 194 valence electrons. The van der Waals surface area contributed by atoms with Crippen LogP contribution in [0.1, 0.15) is 43.2 Å². The number of halogens is 2. The summed E-state index contributed by atoms with van der Waals surface area (Å²) in [7, 11) is 0. The lowest BCUT2D eigenvalue weighted by Gasteiger charge is -2.27. The quantitative estimate of drug-likeness (QED) is 0.422. The molecule has 3 N–H and O–H groups in total. The molecular formula is C26H27F2N5O4. The van der Waals surface area contributed by atoms with E-state index in [9.17, 15) is 23.2 Å². The topological polar surface area (TPSA) is 124 Å². The van der Waals surface area contributed by atoms with E-state index in [4.69, 9.17) is 5.41 Å². The lowest BCUT2D eigenvalue weighted by molar-refractivity contribution is -0.138. The van der Waals surface area contributed by atoms with Gasteiger partial charge in [0.25, 0.3) is 0 Å². The summed E-state index contributed by atoms with van der Waals surface area (Å²) in [5, 5.41) is 14.0. The van der Waals surface area contributed by atoms with Crippen LogP contribution in [0.4, 0.5) is 14.5 Å². The Morgan fingerprint density at radius 1 is 1.16 bits per heavy atom. The van der Waals surface area contributed by atoms with Gasteiger partial charge >= 0.3 is 6.61 Å². The van der Waals surface area contributed by atoms with Crippen LogP contribution in [-0.2, 0) is 14.4 Å². The minimum Gasteiger partial charge on any atom is -0.435 e. The summed E-state index contributed by atoms with van der Waals surface area (Å²) in [5.74, 6) is -0.316. The highest BCUT2D eigenvalue weighted by Crippen LogP contribution is 2.48. The number of hydrogen-bond donors (Lipinski definition) is 3. The Labute approximate surface area is 212 Å². The molecule has 2 saturated carbocycles. The molecule has 1 aromatic carbocycles. The van der Waals surface area contributed by atoms with Crippen molar-refractivity contribution in [2.24, 2.45) is 5.92 Å². The minimum atomic E-state index is -2.88. The SMILES string of the molecule is CC(=O)C(=N)c1ccncc1NCC(=O)N1[C@@H]2C[C@@H]2C[C@H]1C(=O)NC1CC1c1ccc(OC(F)F)cc1. The van der Waals surface area contributed by atoms with E-state index in [2.05, 4.69) is 20.4 Å². The first-order chi connectivity index (χ1) is 17.7. The molecule has 3 aliphatic rings. The van der Waals surface area contributed by atoms with Gasteiger partial charge in [-0.05, 0) is 48.9 Å². The number of alkyl halides is 2. The van der Waals surface area contributed by atoms with Crippen LogP contribution in [0.2, 0.25) is 0 Å². The number of pyridine rings is 1. The van der Waals surface area contributed by atoms with Gasteiger partial charge < -0.3 is 20.3 Å². The number of ether oxygens (including phenoxy) is 1. The van der Waals surface area contributed by atoms with Gasteiger partial charge in [-0.3, -0.25) is 24.8 Å². The molecule has 0 radical (unpaired) electrons. The predicted molar refractivity (Wildman–Crippen MR) is 130 cm³/mol. The van der Waals surface area contributed by atoms with Crippen LogP contribution < -0.4 is 15.4 Å². The number of ketones is 1. The maximum atomic E-state index is 13.2. The van der Waals surface area contributed by atoms with Crippen molar-refractivity contribution in [3.63, 3.8) is 0 Å². The zero-order valence-electron chi connectivity index (χ0n) is 20.1. The molecule has 11 heteroatoms. The number of anilines is 1. The molecule has 1 aromatic heterocycles. The van der Waals surface area contributed by atoms with Gasteiger partial charge in [0.2, 0.25) is 11.8 Å². The normalized spacial score (nSPS) is 25.3. The number of carbonyl (C=O) groups is 3. The molecule has 5 atom stereocenters. The van der Waals surface area contributed by atoms with Crippen LogP contribution in [0, 0.1) is 11.3 Å². The van der Waals surface area contributed by atoms with E-state index >= 15 is 0 Å². The van der Waals surface area contributed by atoms with Gasteiger partial charge in [-0.15, -0.1) is 0 Å². The Morgan fingerprint density at radius 2 is 1.92 bits per heavy atom. The van der Waals surface area contributed by atoms with E-state index in [1.54, 1.807) is 23.1 Å². The monoisotopic (exact) mass is 511 g/mol. The van der Waals surface area contributed by atoms with Gasteiger partial charge in [-0.25, -0.2) is 0 Å². The highest BCUT2D eigenvalue weighted by molar-refractivity contribution is 6.45. The lowest BCUT2D eigenvalue weighted by atomic mass is 10.1. The number of benzene rings is 1. The average molecular weight is 512 g/mol. The van der Waals surface area contributed by atoms with Crippen molar-refractivity contribution in [3.05, 3.63) is 53.9 Å². The van der Waals surface area contributed by atoms with Gasteiger partial charge in [0, 0.05) is 36.7 Å². The number of hydrogen-bond acceptors (Lipinski definition) is 7. The fraction of sp³-hybridized carbons (Fsp3) is 0.423. The number of piperidine rings is 1. The van der Waals surface area contributed by atoms with Gasteiger partial charge in [-0.2, -0.15) is 8.78 Å². The first-order valence-corrected chi connectivity index (χ1v) is 12.2. The van der Waals surface area contributed by atoms with Crippen molar-refractivity contribution < 1.29 is 27.9 Å². The summed E-state index contributed by atoms with van der Waals surface area (Å²) in [6, 6.07) is 7.39. The maximum Gasteiger partial charge on any atom is 0.387 e. The summed E-state index contributed by atoms with van der Waals surface area (Å²) in [6.07, 6.45) is 5.18. The smallest absolute Gasteiger partial charge is 0.387 e. The number of Topliss-reactive ketones (excluding diaryl/α,β-unsaturated/α-hetero) is 1. The second kappa shape index (κ2) is 9.87. The van der Waals surface area contributed by atoms with E-state index in [1.807, 2.05) is 0 Å². The first kappa shape index (κ1) is 24.8. The summed E-state index contributed by atoms with van der Waals surface area (Å²) in [4.78, 5) is 43.6. The molecule has 37 heavy (non-hydrogen) atoms. The van der Waals surface area contributed by atoms with Crippen LogP contribution in [0.25, 0.3) is 0 Å². The van der Waals surface area contributed by atoms with Crippen LogP contribution >= 0.6 is 0 Å². The minimum absolute atomic E-state index is 0.0475. The zero-order valence-corrected chi connectivity index (χ0v) is 20.1. The van der Waals surface area contributed by atoms with Crippen molar-refractivity contribution in [1.29, 1.82) is 5.41 Å². The average Bonchev–Trinajstić information content (AvgIpc) is 3.79. The molecule has 2 unspecified atom stereocenters. The largest absolute Gasteiger partial charge is 0.435 e. The van der Waals surface area contributed by atoms with Gasteiger partial charge in [0.15, 0.2) is 5.78 Å². The van der Waals surface area contributed by atoms with Crippen molar-refractivity contribution in [2.75, 3.05) is 11.9 Å². The Balaban J connectivity index is 1.18. The van der Waals surface area contributed by atoms with E-state index < -0.39 is 18.4 Å². The Morgan fingerprint density at radius 3 is 2.62 bits per heavy atom. The van der Waals surface area contributed by atoms with E-state index in [0.717, 1.165) is 18.4 Å². The molecule has 9 nitrogen and oxygen atoms in total. The molecule has 2 amide bonds. The number of likely N-dealkylation sites (tertiary alicyclic amines) is 1. The van der Waals surface area contributed by atoms with E-state index in [-0.39, 0.29) is 47.8 Å². The number of aromatic nitrogens is 1. The Hall–Kier alpha value is -3.89. The number of fused-ring (bicyclic) bond motifs is 1. The zero-order chi connectivity index (χ0) is 26.3. The molecule has 0 bridgehead atoms. The Bertz CT molecular complexity index is 1240. The van der Waals surface area contributed by atoms with Crippen LogP contribution in [-0.4, -0.2) is 64.5 Å². The van der Waals surface area contributed by atoms with Gasteiger partial charge in [0.1, 0.15) is 17.5 Å². The van der Waals surface area contributed by atoms with Gasteiger partial charge in [0.05, 0.1) is 18.4 Å². The highest BCUT2D eigenvalue weighted by atomic mass is 19.3. The number of nitrogens with one attached hydrogen (secondary N) is 3. The second-order valence-electron chi connectivity index (χ2n) is 9.73. The highest BCUT2D eigenvalue weighted by Gasteiger charge is 2.56. The predicted octanol–water partition coefficient (Wildman–Crippen LogP) is 2.71. The van der Waals surface area contributed by atoms with Crippen LogP contribution in [0.5, 0.6) is 5.75 Å². The standard InChI is InChI=1S/C26H27F2N5O4/c1-13(34)24(29)17-6-7-30-11-20(17)31-12-23(35)33-21-8-15(21)9-22(33)25(36)32-19-10-18(19)14-2-4-16(5-3-14)37-26(27)28/h2-7,11,15,18-19,21-22,26,29,31H,8-10,12H2,1H3,(H,32,36)/t15-,18?,19?,21-,22+/m1/s1. The molecule has 1 saturated heterocycles. The third-order valence-electron chi connectivity index (χ3n) is 7.22. The molecule has 5 rings (SSSR count). The molecule has 1 aliphatic heterocycles. The number of carbonyl (C=O) groups excluding carboxylic acids is 3. The second-order valence-corrected chi connectivity index (χ2v) is 9.73. The molecular weight excluding hydrogens is 484 g/mol. The molecule has 2 aliphatic carbocycles. The van der Waals surface area contributed by atoms with Crippen molar-refractivity contribution >= 4 is 29.0 Å². The number of amides is 2. The molecule has 0 spiro atoms. The third kappa shape index (κ3) is 5.30. The van der Waals surface area contributed by atoms with Crippen molar-refractivity contribution in [3.8, 4) is 5.75 Å². The molecule has 2 heterocycles. The van der Waals surface area contributed by atoms with Crippen LogP contribution in [0.15, 0.2) is 42.7 Å².